The fraction of sp³-hybridized carbons (Fsp3) is 0.379. The van der Waals surface area contributed by atoms with Gasteiger partial charge in [-0.15, -0.1) is 0 Å². The maximum absolute atomic E-state index is 12.1. The van der Waals surface area contributed by atoms with E-state index in [1.54, 1.807) is 31.4 Å². The fourth-order valence-electron chi connectivity index (χ4n) is 4.54. The molecule has 1 atom stereocenters. The van der Waals surface area contributed by atoms with Gasteiger partial charge >= 0.3 is 0 Å². The SMILES string of the molecule is C=C(/C=C(\C)CN1CCC(c2ccc(C(=O)N(C)C)cc2)CC1)C(/C=C\NC)=C1/C=NC(N)C(C#N)=N1. The summed E-state index contributed by atoms with van der Waals surface area (Å²) in [6.45, 7) is 9.24. The fourth-order valence-corrected chi connectivity index (χ4v) is 4.54. The van der Waals surface area contributed by atoms with Gasteiger partial charge in [0.1, 0.15) is 6.07 Å². The number of hydrogen-bond acceptors (Lipinski definition) is 7. The summed E-state index contributed by atoms with van der Waals surface area (Å²) >= 11 is 0. The lowest BCUT2D eigenvalue weighted by atomic mass is 9.88. The lowest BCUT2D eigenvalue weighted by Gasteiger charge is -2.32. The molecule has 0 bridgehead atoms. The topological polar surface area (TPSA) is 110 Å². The zero-order valence-corrected chi connectivity index (χ0v) is 22.2. The van der Waals surface area contributed by atoms with Crippen LogP contribution < -0.4 is 11.1 Å². The van der Waals surface area contributed by atoms with Crippen LogP contribution in [0.4, 0.5) is 0 Å². The number of carbonyl (C=O) groups is 1. The second-order valence-corrected chi connectivity index (χ2v) is 9.64. The van der Waals surface area contributed by atoms with E-state index in [2.05, 4.69) is 51.9 Å². The molecule has 0 spiro atoms. The minimum atomic E-state index is -0.727. The van der Waals surface area contributed by atoms with Crippen LogP contribution in [0.5, 0.6) is 0 Å². The molecule has 2 aliphatic rings. The highest BCUT2D eigenvalue weighted by molar-refractivity contribution is 6.07. The molecule has 2 aliphatic heterocycles. The van der Waals surface area contributed by atoms with E-state index in [0.717, 1.165) is 49.2 Å². The number of aliphatic imine (C=N–C) groups is 2. The normalized spacial score (nSPS) is 20.4. The number of piperidine rings is 1. The summed E-state index contributed by atoms with van der Waals surface area (Å²) in [4.78, 5) is 24.8. The van der Waals surface area contributed by atoms with Crippen LogP contribution in [0.15, 0.2) is 81.6 Å². The molecule has 8 nitrogen and oxygen atoms in total. The maximum Gasteiger partial charge on any atom is 0.253 e. The van der Waals surface area contributed by atoms with Crippen LogP contribution in [0.25, 0.3) is 0 Å². The number of nitriles is 1. The molecule has 0 saturated carbocycles. The Balaban J connectivity index is 1.63. The number of carbonyl (C=O) groups excluding carboxylic acids is 1. The Morgan fingerprint density at radius 3 is 2.57 bits per heavy atom. The lowest BCUT2D eigenvalue weighted by Crippen LogP contribution is -2.34. The van der Waals surface area contributed by atoms with E-state index in [-0.39, 0.29) is 11.6 Å². The summed E-state index contributed by atoms with van der Waals surface area (Å²) < 4.78 is 0. The van der Waals surface area contributed by atoms with Gasteiger partial charge in [0.05, 0.1) is 11.9 Å². The average Bonchev–Trinajstić information content (AvgIpc) is 2.89. The number of likely N-dealkylation sites (tertiary alicyclic amines) is 1. The number of amides is 1. The first-order chi connectivity index (χ1) is 17.7. The third kappa shape index (κ3) is 7.35. The Labute approximate surface area is 220 Å². The van der Waals surface area contributed by atoms with E-state index in [0.29, 0.717) is 11.6 Å². The molecular weight excluding hydrogens is 462 g/mol. The van der Waals surface area contributed by atoms with Crippen molar-refractivity contribution in [3.63, 3.8) is 0 Å². The Hall–Kier alpha value is -3.80. The van der Waals surface area contributed by atoms with Crippen molar-refractivity contribution in [1.82, 2.24) is 15.1 Å². The van der Waals surface area contributed by atoms with E-state index in [1.165, 1.54) is 11.1 Å². The molecule has 2 heterocycles. The largest absolute Gasteiger partial charge is 0.394 e. The molecule has 37 heavy (non-hydrogen) atoms. The highest BCUT2D eigenvalue weighted by Crippen LogP contribution is 2.29. The Morgan fingerprint density at radius 1 is 1.30 bits per heavy atom. The van der Waals surface area contributed by atoms with E-state index < -0.39 is 6.17 Å². The standard InChI is InChI=1S/C29H37N7O/c1-20(16-21(2)25(10-13-32-3)27-18-33-28(31)26(17-30)34-27)19-36-14-11-23(12-15-36)22-6-8-24(9-7-22)29(37)35(4)5/h6-10,13,16,18,23,28,32H,2,11-12,14-15,19,31H2,1,3-5H3/b13-10-,20-16+,27-25-. The van der Waals surface area contributed by atoms with Gasteiger partial charge in [-0.25, -0.2) is 4.99 Å². The molecule has 1 unspecified atom stereocenters. The quantitative estimate of drug-likeness (QED) is 0.533. The molecule has 1 fully saturated rings. The van der Waals surface area contributed by atoms with Crippen LogP contribution in [0, 0.1) is 11.3 Å². The van der Waals surface area contributed by atoms with Crippen molar-refractivity contribution in [1.29, 1.82) is 5.26 Å². The first kappa shape index (κ1) is 27.8. The third-order valence-electron chi connectivity index (χ3n) is 6.55. The van der Waals surface area contributed by atoms with E-state index in [9.17, 15) is 10.1 Å². The summed E-state index contributed by atoms with van der Waals surface area (Å²) in [6.07, 6.45) is 8.78. The van der Waals surface area contributed by atoms with E-state index in [1.807, 2.05) is 31.3 Å². The van der Waals surface area contributed by atoms with Crippen LogP contribution in [0.2, 0.25) is 0 Å². The van der Waals surface area contributed by atoms with Crippen LogP contribution in [-0.2, 0) is 0 Å². The smallest absolute Gasteiger partial charge is 0.253 e. The Bertz CT molecular complexity index is 1190. The van der Waals surface area contributed by atoms with Gasteiger partial charge in [0.25, 0.3) is 5.91 Å². The predicted octanol–water partition coefficient (Wildman–Crippen LogP) is 3.39. The number of rotatable bonds is 8. The summed E-state index contributed by atoms with van der Waals surface area (Å²) in [5.41, 5.74) is 11.4. The zero-order chi connectivity index (χ0) is 26.9. The third-order valence-corrected chi connectivity index (χ3v) is 6.55. The molecule has 0 aliphatic carbocycles. The van der Waals surface area contributed by atoms with Gasteiger partial charge in [-0.3, -0.25) is 14.7 Å². The minimum Gasteiger partial charge on any atom is -0.394 e. The first-order valence-corrected chi connectivity index (χ1v) is 12.5. The van der Waals surface area contributed by atoms with Gasteiger partial charge in [0, 0.05) is 38.8 Å². The molecule has 194 valence electrons. The molecule has 3 N–H and O–H groups in total. The van der Waals surface area contributed by atoms with Crippen LogP contribution >= 0.6 is 0 Å². The Kier molecular flexibility index (Phi) is 9.72. The molecule has 8 heteroatoms. The number of hydrogen-bond donors (Lipinski definition) is 2. The monoisotopic (exact) mass is 499 g/mol. The van der Waals surface area contributed by atoms with Gasteiger partial charge in [-0.1, -0.05) is 30.4 Å². The minimum absolute atomic E-state index is 0.0297. The molecular formula is C29H37N7O. The predicted molar refractivity (Wildman–Crippen MR) is 151 cm³/mol. The van der Waals surface area contributed by atoms with Crippen molar-refractivity contribution in [3.05, 3.63) is 82.7 Å². The van der Waals surface area contributed by atoms with Crippen molar-refractivity contribution in [2.45, 2.75) is 31.8 Å². The van der Waals surface area contributed by atoms with Crippen LogP contribution in [0.3, 0.4) is 0 Å². The maximum atomic E-state index is 12.1. The number of nitrogens with two attached hydrogens (primary N) is 1. The van der Waals surface area contributed by atoms with Gasteiger partial charge in [0.2, 0.25) is 0 Å². The van der Waals surface area contributed by atoms with Gasteiger partial charge in [-0.05, 0) is 74.3 Å². The number of allylic oxidation sites excluding steroid dienone is 5. The summed E-state index contributed by atoms with van der Waals surface area (Å²) in [5.74, 6) is 0.535. The highest BCUT2D eigenvalue weighted by Gasteiger charge is 2.21. The van der Waals surface area contributed by atoms with Crippen LogP contribution in [0.1, 0.15) is 41.6 Å². The van der Waals surface area contributed by atoms with E-state index >= 15 is 0 Å². The van der Waals surface area contributed by atoms with Gasteiger partial charge in [-0.2, -0.15) is 5.26 Å². The lowest BCUT2D eigenvalue weighted by molar-refractivity contribution is 0.0827. The van der Waals surface area contributed by atoms with Crippen molar-refractivity contribution in [3.8, 4) is 6.07 Å². The molecule has 0 aromatic heterocycles. The average molecular weight is 500 g/mol. The van der Waals surface area contributed by atoms with E-state index in [4.69, 9.17) is 5.73 Å². The summed E-state index contributed by atoms with van der Waals surface area (Å²) in [7, 11) is 5.36. The summed E-state index contributed by atoms with van der Waals surface area (Å²) in [5, 5.41) is 12.3. The zero-order valence-electron chi connectivity index (χ0n) is 22.2. The summed E-state index contributed by atoms with van der Waals surface area (Å²) in [6, 6.07) is 10.1. The molecule has 1 saturated heterocycles. The molecule has 0 radical (unpaired) electrons. The van der Waals surface area contributed by atoms with Gasteiger partial charge < -0.3 is 16.0 Å². The van der Waals surface area contributed by atoms with Crippen molar-refractivity contribution < 1.29 is 4.79 Å². The van der Waals surface area contributed by atoms with Crippen molar-refractivity contribution >= 4 is 17.8 Å². The molecule has 1 aromatic rings. The number of benzene rings is 1. The Morgan fingerprint density at radius 2 is 1.97 bits per heavy atom. The molecule has 1 amide bonds. The number of nitrogens with one attached hydrogen (secondary N) is 1. The van der Waals surface area contributed by atoms with Crippen LogP contribution in [-0.4, -0.2) is 74.6 Å². The second-order valence-electron chi connectivity index (χ2n) is 9.64. The van der Waals surface area contributed by atoms with Crippen molar-refractivity contribution in [2.75, 3.05) is 40.8 Å². The molecule has 3 rings (SSSR count). The van der Waals surface area contributed by atoms with Gasteiger partial charge in [0.15, 0.2) is 11.9 Å². The highest BCUT2D eigenvalue weighted by atomic mass is 16.2. The second kappa shape index (κ2) is 12.9. The first-order valence-electron chi connectivity index (χ1n) is 12.5. The van der Waals surface area contributed by atoms with Crippen molar-refractivity contribution in [2.24, 2.45) is 15.7 Å². The molecule has 1 aromatic carbocycles. The number of nitrogens with zero attached hydrogens (tertiary/aromatic N) is 5.